The number of hydrogen-bond acceptors (Lipinski definition) is 6. The number of ether oxygens (including phenoxy) is 1. The zero-order valence-corrected chi connectivity index (χ0v) is 34.3. The highest BCUT2D eigenvalue weighted by Gasteiger charge is 2.29. The molecule has 0 spiro atoms. The van der Waals surface area contributed by atoms with Gasteiger partial charge in [0, 0.05) is 43.9 Å². The van der Waals surface area contributed by atoms with Crippen molar-refractivity contribution in [3.05, 3.63) is 212 Å². The molecule has 64 heavy (non-hydrogen) atoms. The topological polar surface area (TPSA) is 69.2 Å². The lowest BCUT2D eigenvalue weighted by Crippen LogP contribution is -2.16. The lowest BCUT2D eigenvalue weighted by Gasteiger charge is -2.33. The van der Waals surface area contributed by atoms with Crippen molar-refractivity contribution >= 4 is 60.8 Å². The van der Waals surface area contributed by atoms with E-state index in [0.29, 0.717) is 17.5 Å². The Balaban J connectivity index is 0.916. The molecule has 0 aliphatic carbocycles. The van der Waals surface area contributed by atoms with Crippen molar-refractivity contribution in [2.75, 3.05) is 4.90 Å². The van der Waals surface area contributed by atoms with Crippen LogP contribution in [0.3, 0.4) is 0 Å². The summed E-state index contributed by atoms with van der Waals surface area (Å²) in [5.74, 6) is 3.43. The van der Waals surface area contributed by atoms with E-state index in [1.807, 2.05) is 91.0 Å². The van der Waals surface area contributed by atoms with Gasteiger partial charge in [-0.2, -0.15) is 0 Å². The molecule has 300 valence electrons. The second-order valence-corrected chi connectivity index (χ2v) is 16.0. The van der Waals surface area contributed by atoms with Gasteiger partial charge in [-0.05, 0) is 77.9 Å². The van der Waals surface area contributed by atoms with Crippen LogP contribution < -0.4 is 9.64 Å². The van der Waals surface area contributed by atoms with Gasteiger partial charge in [-0.1, -0.05) is 146 Å². The number of aromatic nitrogens is 4. The largest absolute Gasteiger partial charge is 0.454 e. The van der Waals surface area contributed by atoms with Crippen molar-refractivity contribution < 1.29 is 9.15 Å². The van der Waals surface area contributed by atoms with E-state index in [-0.39, 0.29) is 0 Å². The summed E-state index contributed by atoms with van der Waals surface area (Å²) in [7, 11) is 0. The maximum Gasteiger partial charge on any atom is 0.164 e. The van der Waals surface area contributed by atoms with Crippen molar-refractivity contribution in [3.63, 3.8) is 0 Å². The van der Waals surface area contributed by atoms with Gasteiger partial charge in [0.1, 0.15) is 5.58 Å². The predicted octanol–water partition coefficient (Wildman–Crippen LogP) is 15.1. The molecular formula is C57H35N5O2. The van der Waals surface area contributed by atoms with Gasteiger partial charge >= 0.3 is 0 Å². The van der Waals surface area contributed by atoms with Crippen LogP contribution in [0.1, 0.15) is 0 Å². The minimum absolute atomic E-state index is 0.614. The average Bonchev–Trinajstić information content (AvgIpc) is 3.92. The third-order valence-corrected chi connectivity index (χ3v) is 12.2. The van der Waals surface area contributed by atoms with Gasteiger partial charge in [0.05, 0.1) is 28.1 Å². The summed E-state index contributed by atoms with van der Waals surface area (Å²) in [5, 5.41) is 4.49. The Labute approximate surface area is 367 Å². The second kappa shape index (κ2) is 14.4. The normalized spacial score (nSPS) is 12.2. The van der Waals surface area contributed by atoms with Gasteiger partial charge in [0.15, 0.2) is 34.6 Å². The van der Waals surface area contributed by atoms with Crippen molar-refractivity contribution in [3.8, 4) is 62.5 Å². The molecule has 7 heteroatoms. The molecule has 0 saturated carbocycles. The van der Waals surface area contributed by atoms with E-state index >= 15 is 0 Å². The molecule has 3 aromatic heterocycles. The summed E-state index contributed by atoms with van der Waals surface area (Å²) in [6.45, 7) is 0. The first-order chi connectivity index (χ1) is 31.7. The van der Waals surface area contributed by atoms with E-state index in [2.05, 4.69) is 131 Å². The van der Waals surface area contributed by atoms with E-state index in [0.717, 1.165) is 106 Å². The van der Waals surface area contributed by atoms with Gasteiger partial charge < -0.3 is 13.7 Å². The van der Waals surface area contributed by atoms with E-state index in [9.17, 15) is 0 Å². The number of rotatable bonds is 6. The number of anilines is 3. The lowest BCUT2D eigenvalue weighted by atomic mass is 10.0. The number of benzene rings is 9. The number of furan rings is 1. The first-order valence-electron chi connectivity index (χ1n) is 21.3. The molecule has 0 amide bonds. The quantitative estimate of drug-likeness (QED) is 0.166. The third kappa shape index (κ3) is 5.79. The Hall–Kier alpha value is -8.81. The number of hydrogen-bond donors (Lipinski definition) is 0. The Morgan fingerprint density at radius 2 is 0.922 bits per heavy atom. The monoisotopic (exact) mass is 821 g/mol. The molecule has 1 aliphatic heterocycles. The molecule has 0 N–H and O–H groups in total. The second-order valence-electron chi connectivity index (χ2n) is 16.0. The standard InChI is InChI=1S/C57H35N5O2/c1-3-15-36(16-4-1)55-58-56(37-17-5-2-6-18-37)60-57(59-55)40-19-13-20-41(33-40)61-46-24-9-7-21-42(46)45-34-38(29-31-47(45)61)39-30-32-49-53(35-39)63-52-28-12-10-25-48(52)62(49)50-26-14-23-44-43-22-8-11-27-51(43)64-54(44)50/h1-35H. The van der Waals surface area contributed by atoms with Gasteiger partial charge in [-0.25, -0.2) is 15.0 Å². The molecule has 4 heterocycles. The highest BCUT2D eigenvalue weighted by molar-refractivity contribution is 6.12. The van der Waals surface area contributed by atoms with Crippen LogP contribution in [0.5, 0.6) is 11.5 Å². The molecular weight excluding hydrogens is 787 g/mol. The van der Waals surface area contributed by atoms with Crippen LogP contribution in [0.4, 0.5) is 17.1 Å². The number of fused-ring (bicyclic) bond motifs is 8. The minimum atomic E-state index is 0.614. The van der Waals surface area contributed by atoms with E-state index in [4.69, 9.17) is 24.1 Å². The van der Waals surface area contributed by atoms with Crippen molar-refractivity contribution in [2.24, 2.45) is 0 Å². The summed E-state index contributed by atoms with van der Waals surface area (Å²) in [6, 6.07) is 73.2. The van der Waals surface area contributed by atoms with Crippen molar-refractivity contribution in [1.82, 2.24) is 19.5 Å². The van der Waals surface area contributed by atoms with Crippen LogP contribution in [0.2, 0.25) is 0 Å². The van der Waals surface area contributed by atoms with E-state index in [1.165, 1.54) is 0 Å². The highest BCUT2D eigenvalue weighted by Crippen LogP contribution is 2.53. The molecule has 0 radical (unpaired) electrons. The lowest BCUT2D eigenvalue weighted by molar-refractivity contribution is 0.477. The maximum absolute atomic E-state index is 6.70. The van der Waals surface area contributed by atoms with Crippen molar-refractivity contribution in [2.45, 2.75) is 0 Å². The summed E-state index contributed by atoms with van der Waals surface area (Å²) >= 11 is 0. The first-order valence-corrected chi connectivity index (χ1v) is 21.3. The number of nitrogens with zero attached hydrogens (tertiary/aromatic N) is 5. The fraction of sp³-hybridized carbons (Fsp3) is 0. The molecule has 7 nitrogen and oxygen atoms in total. The molecule has 0 saturated heterocycles. The average molecular weight is 822 g/mol. The Morgan fingerprint density at radius 3 is 1.73 bits per heavy atom. The Bertz CT molecular complexity index is 3720. The molecule has 0 unspecified atom stereocenters. The van der Waals surface area contributed by atoms with Crippen LogP contribution in [0.15, 0.2) is 217 Å². The molecule has 0 atom stereocenters. The highest BCUT2D eigenvalue weighted by atomic mass is 16.5. The van der Waals surface area contributed by atoms with Crippen LogP contribution in [-0.4, -0.2) is 19.5 Å². The maximum atomic E-state index is 6.70. The SMILES string of the molecule is c1ccc(-c2nc(-c3ccccc3)nc(-c3cccc(-n4c5ccccc5c5cc(-c6ccc7c(c6)Oc6ccccc6N7c6cccc7c6oc6ccccc67)ccc54)c3)n2)cc1. The molecule has 12 aromatic rings. The van der Waals surface area contributed by atoms with Crippen molar-refractivity contribution in [1.29, 1.82) is 0 Å². The summed E-state index contributed by atoms with van der Waals surface area (Å²) in [6.07, 6.45) is 0. The summed E-state index contributed by atoms with van der Waals surface area (Å²) < 4.78 is 15.6. The minimum Gasteiger partial charge on any atom is -0.454 e. The Morgan fingerprint density at radius 1 is 0.344 bits per heavy atom. The van der Waals surface area contributed by atoms with Crippen LogP contribution in [0.25, 0.3) is 94.7 Å². The summed E-state index contributed by atoms with van der Waals surface area (Å²) in [5.41, 5.74) is 12.7. The molecule has 1 aliphatic rings. The zero-order chi connectivity index (χ0) is 42.1. The number of para-hydroxylation sites is 5. The molecule has 9 aromatic carbocycles. The van der Waals surface area contributed by atoms with E-state index in [1.54, 1.807) is 0 Å². The summed E-state index contributed by atoms with van der Waals surface area (Å²) in [4.78, 5) is 17.2. The van der Waals surface area contributed by atoms with Gasteiger partial charge in [-0.3, -0.25) is 4.90 Å². The molecule has 0 bridgehead atoms. The zero-order valence-electron chi connectivity index (χ0n) is 34.3. The fourth-order valence-electron chi connectivity index (χ4n) is 9.26. The van der Waals surface area contributed by atoms with Crippen LogP contribution >= 0.6 is 0 Å². The fourth-order valence-corrected chi connectivity index (χ4v) is 9.26. The molecule has 13 rings (SSSR count). The van der Waals surface area contributed by atoms with Crippen LogP contribution in [0, 0.1) is 0 Å². The third-order valence-electron chi connectivity index (χ3n) is 12.2. The van der Waals surface area contributed by atoms with Gasteiger partial charge in [0.2, 0.25) is 0 Å². The van der Waals surface area contributed by atoms with Gasteiger partial charge in [0.25, 0.3) is 0 Å². The first kappa shape index (κ1) is 35.9. The van der Waals surface area contributed by atoms with Crippen LogP contribution in [-0.2, 0) is 0 Å². The smallest absolute Gasteiger partial charge is 0.164 e. The van der Waals surface area contributed by atoms with Gasteiger partial charge in [-0.15, -0.1) is 0 Å². The molecule has 0 fully saturated rings. The van der Waals surface area contributed by atoms with E-state index < -0.39 is 0 Å². The predicted molar refractivity (Wildman–Crippen MR) is 258 cm³/mol. The Kier molecular flexibility index (Phi) is 8.08.